The fraction of sp³-hybridized carbons (Fsp3) is 0.615. The maximum atomic E-state index is 12.5. The van der Waals surface area contributed by atoms with Crippen LogP contribution in [0.1, 0.15) is 107 Å². The first-order valence-electron chi connectivity index (χ1n) is 12.6. The highest BCUT2D eigenvalue weighted by Crippen LogP contribution is 2.31. The molecule has 2 aromatic rings. The number of nitrogens with one attached hydrogen (secondary N) is 1. The van der Waals surface area contributed by atoms with Crippen molar-refractivity contribution < 1.29 is 27.3 Å². The summed E-state index contributed by atoms with van der Waals surface area (Å²) in [5.41, 5.74) is -0.0847. The standard InChI is InChI=1S/C26H37N3O6S/c1-26(2,3)34-22(30)17-21(16-10-15-19-11-6-4-7-12-19)25-27-23(28-35-25)24(31)29-36(32,33)18-20-13-8-5-9-14-20/h5,8-9,13-14,19,21H,4,6-7,10-12,15-18H2,1-3H3,(H,29,31)/t21-/m1/s1. The minimum atomic E-state index is -3.95. The molecule has 0 saturated heterocycles. The quantitative estimate of drug-likeness (QED) is 0.415. The molecule has 3 rings (SSSR count). The van der Waals surface area contributed by atoms with Crippen molar-refractivity contribution in [2.75, 3.05) is 0 Å². The van der Waals surface area contributed by atoms with Crippen LogP contribution in [-0.4, -0.2) is 36.0 Å². The van der Waals surface area contributed by atoms with Crippen LogP contribution in [0.25, 0.3) is 0 Å². The largest absolute Gasteiger partial charge is 0.460 e. The number of aromatic nitrogens is 2. The summed E-state index contributed by atoms with van der Waals surface area (Å²) in [5, 5.41) is 3.69. The first-order chi connectivity index (χ1) is 17.0. The molecule has 0 bridgehead atoms. The minimum Gasteiger partial charge on any atom is -0.460 e. The lowest BCUT2D eigenvalue weighted by Crippen LogP contribution is -2.32. The fourth-order valence-electron chi connectivity index (χ4n) is 4.54. The number of esters is 1. The molecule has 1 aromatic heterocycles. The molecule has 9 nitrogen and oxygen atoms in total. The monoisotopic (exact) mass is 519 g/mol. The second kappa shape index (κ2) is 12.5. The van der Waals surface area contributed by atoms with Crippen LogP contribution in [0.15, 0.2) is 34.9 Å². The van der Waals surface area contributed by atoms with Gasteiger partial charge in [0.25, 0.3) is 5.82 Å². The van der Waals surface area contributed by atoms with Crippen LogP contribution in [0.5, 0.6) is 0 Å². The number of benzene rings is 1. The lowest BCUT2D eigenvalue weighted by Gasteiger charge is -2.23. The fourth-order valence-corrected chi connectivity index (χ4v) is 5.61. The number of hydrogen-bond donors (Lipinski definition) is 1. The Bertz CT molecular complexity index is 1100. The summed E-state index contributed by atoms with van der Waals surface area (Å²) in [7, 11) is -3.95. The molecule has 36 heavy (non-hydrogen) atoms. The van der Waals surface area contributed by atoms with Gasteiger partial charge in [0.1, 0.15) is 5.60 Å². The zero-order valence-electron chi connectivity index (χ0n) is 21.4. The number of carbonyl (C=O) groups is 2. The number of sulfonamides is 1. The number of rotatable bonds is 11. The van der Waals surface area contributed by atoms with Gasteiger partial charge < -0.3 is 9.26 Å². The Hall–Kier alpha value is -2.75. The molecule has 1 N–H and O–H groups in total. The first-order valence-corrected chi connectivity index (χ1v) is 14.3. The smallest absolute Gasteiger partial charge is 0.307 e. The van der Waals surface area contributed by atoms with E-state index in [1.165, 1.54) is 32.1 Å². The van der Waals surface area contributed by atoms with E-state index in [1.807, 2.05) is 4.72 Å². The van der Waals surface area contributed by atoms with Crippen molar-refractivity contribution in [3.8, 4) is 0 Å². The Labute approximate surface area is 213 Å². The van der Waals surface area contributed by atoms with E-state index in [2.05, 4.69) is 10.1 Å². The molecular formula is C26H37N3O6S. The van der Waals surface area contributed by atoms with Gasteiger partial charge in [-0.3, -0.25) is 9.59 Å². The topological polar surface area (TPSA) is 128 Å². The molecule has 1 aromatic carbocycles. The van der Waals surface area contributed by atoms with Crippen LogP contribution in [-0.2, 0) is 25.3 Å². The third-order valence-corrected chi connectivity index (χ3v) is 7.37. The van der Waals surface area contributed by atoms with Crippen LogP contribution in [0.4, 0.5) is 0 Å². The molecule has 1 amide bonds. The van der Waals surface area contributed by atoms with E-state index in [1.54, 1.807) is 51.1 Å². The predicted molar refractivity (Wildman–Crippen MR) is 134 cm³/mol. The normalized spacial score (nSPS) is 15.9. The third-order valence-electron chi connectivity index (χ3n) is 6.16. The summed E-state index contributed by atoms with van der Waals surface area (Å²) in [5.74, 6) is -1.69. The third kappa shape index (κ3) is 9.37. The van der Waals surface area contributed by atoms with E-state index in [9.17, 15) is 18.0 Å². The molecule has 0 radical (unpaired) electrons. The summed E-state index contributed by atoms with van der Waals surface area (Å²) in [6, 6.07) is 8.53. The zero-order valence-corrected chi connectivity index (χ0v) is 22.2. The van der Waals surface area contributed by atoms with E-state index in [4.69, 9.17) is 9.26 Å². The van der Waals surface area contributed by atoms with E-state index in [0.29, 0.717) is 17.9 Å². The summed E-state index contributed by atoms with van der Waals surface area (Å²) in [6.07, 6.45) is 8.91. The lowest BCUT2D eigenvalue weighted by atomic mass is 9.84. The molecule has 1 aliphatic rings. The molecule has 10 heteroatoms. The average Bonchev–Trinajstić information content (AvgIpc) is 3.28. The van der Waals surface area contributed by atoms with Crippen molar-refractivity contribution in [2.45, 2.75) is 95.8 Å². The molecule has 0 unspecified atom stereocenters. The molecule has 1 fully saturated rings. The molecule has 1 atom stereocenters. The van der Waals surface area contributed by atoms with Crippen LogP contribution in [0, 0.1) is 5.92 Å². The molecule has 1 aliphatic carbocycles. The number of carbonyl (C=O) groups excluding carboxylic acids is 2. The van der Waals surface area contributed by atoms with E-state index in [0.717, 1.165) is 12.8 Å². The predicted octanol–water partition coefficient (Wildman–Crippen LogP) is 4.90. The maximum Gasteiger partial charge on any atom is 0.307 e. The average molecular weight is 520 g/mol. The van der Waals surface area contributed by atoms with Crippen molar-refractivity contribution in [3.05, 3.63) is 47.6 Å². The van der Waals surface area contributed by atoms with E-state index < -0.39 is 27.4 Å². The van der Waals surface area contributed by atoms with E-state index in [-0.39, 0.29) is 29.9 Å². The second-order valence-corrected chi connectivity index (χ2v) is 12.3. The summed E-state index contributed by atoms with van der Waals surface area (Å²) < 4.78 is 37.6. The van der Waals surface area contributed by atoms with Crippen LogP contribution in [0.2, 0.25) is 0 Å². The van der Waals surface area contributed by atoms with Crippen LogP contribution >= 0.6 is 0 Å². The summed E-state index contributed by atoms with van der Waals surface area (Å²) in [6.45, 7) is 5.40. The minimum absolute atomic E-state index is 0.0392. The Kier molecular flexibility index (Phi) is 9.64. The van der Waals surface area contributed by atoms with Gasteiger partial charge in [-0.1, -0.05) is 80.4 Å². The first kappa shape index (κ1) is 27.8. The second-order valence-electron chi connectivity index (χ2n) is 10.6. The lowest BCUT2D eigenvalue weighted by molar-refractivity contribution is -0.155. The highest BCUT2D eigenvalue weighted by Gasteiger charge is 2.28. The van der Waals surface area contributed by atoms with Gasteiger partial charge in [0.15, 0.2) is 0 Å². The highest BCUT2D eigenvalue weighted by molar-refractivity contribution is 7.89. The van der Waals surface area contributed by atoms with Gasteiger partial charge in [-0.15, -0.1) is 0 Å². The molecular weight excluding hydrogens is 482 g/mol. The van der Waals surface area contributed by atoms with Gasteiger partial charge in [-0.2, -0.15) is 4.98 Å². The Morgan fingerprint density at radius 3 is 2.50 bits per heavy atom. The molecule has 198 valence electrons. The Morgan fingerprint density at radius 1 is 1.14 bits per heavy atom. The van der Waals surface area contributed by atoms with Crippen LogP contribution < -0.4 is 4.72 Å². The van der Waals surface area contributed by atoms with Gasteiger partial charge in [0, 0.05) is 5.92 Å². The van der Waals surface area contributed by atoms with Crippen molar-refractivity contribution in [1.82, 2.24) is 14.9 Å². The molecule has 1 saturated carbocycles. The Balaban J connectivity index is 1.65. The van der Waals surface area contributed by atoms with Crippen molar-refractivity contribution in [2.24, 2.45) is 5.92 Å². The maximum absolute atomic E-state index is 12.5. The van der Waals surface area contributed by atoms with Gasteiger partial charge in [0.05, 0.1) is 12.2 Å². The number of hydrogen-bond acceptors (Lipinski definition) is 8. The number of nitrogens with zero attached hydrogens (tertiary/aromatic N) is 2. The molecule has 0 aliphatic heterocycles. The van der Waals surface area contributed by atoms with E-state index >= 15 is 0 Å². The summed E-state index contributed by atoms with van der Waals surface area (Å²) in [4.78, 5) is 29.2. The van der Waals surface area contributed by atoms with Crippen LogP contribution in [0.3, 0.4) is 0 Å². The van der Waals surface area contributed by atoms with Gasteiger partial charge in [0.2, 0.25) is 15.9 Å². The Morgan fingerprint density at radius 2 is 1.83 bits per heavy atom. The summed E-state index contributed by atoms with van der Waals surface area (Å²) >= 11 is 0. The van der Waals surface area contributed by atoms with Crippen molar-refractivity contribution in [1.29, 1.82) is 0 Å². The number of amides is 1. The molecule has 0 spiro atoms. The SMILES string of the molecule is CC(C)(C)OC(=O)C[C@@H](CCCC1CCCCC1)c1nc(C(=O)NS(=O)(=O)Cc2ccccc2)no1. The van der Waals surface area contributed by atoms with Crippen molar-refractivity contribution >= 4 is 21.9 Å². The zero-order chi connectivity index (χ0) is 26.2. The van der Waals surface area contributed by atoms with Gasteiger partial charge in [-0.05, 0) is 38.7 Å². The molecule has 1 heterocycles. The van der Waals surface area contributed by atoms with Crippen molar-refractivity contribution in [3.63, 3.8) is 0 Å². The van der Waals surface area contributed by atoms with Gasteiger partial charge in [-0.25, -0.2) is 13.1 Å². The number of ether oxygens (including phenoxy) is 1. The van der Waals surface area contributed by atoms with Gasteiger partial charge >= 0.3 is 11.9 Å². The highest BCUT2D eigenvalue weighted by atomic mass is 32.2.